The van der Waals surface area contributed by atoms with Crippen molar-refractivity contribution in [1.82, 2.24) is 0 Å². The third-order valence-electron chi connectivity index (χ3n) is 2.60. The fraction of sp³-hybridized carbons (Fsp3) is 1.00. The standard InChI is InChI=1S/C9H18O9S/c1-3(2)17-9-6(12)4(10)5(11)7(18-9)8(13)19(14,15)16/h3-13H,1-2H3,(H,14,15,16)/t4-,5+,6+,7-,8?,9?/m0/s1. The van der Waals surface area contributed by atoms with E-state index in [0.717, 1.165) is 0 Å². The highest BCUT2D eigenvalue weighted by molar-refractivity contribution is 7.86. The summed E-state index contributed by atoms with van der Waals surface area (Å²) >= 11 is 0. The normalized spacial score (nSPS) is 38.4. The molecule has 10 heteroatoms. The van der Waals surface area contributed by atoms with E-state index in [2.05, 4.69) is 0 Å². The van der Waals surface area contributed by atoms with Gasteiger partial charge >= 0.3 is 0 Å². The SMILES string of the molecule is CC(C)OC1O[C@H](C(O)S(=O)(=O)O)[C@H](O)[C@H](O)[C@H]1O. The highest BCUT2D eigenvalue weighted by Crippen LogP contribution is 2.26. The maximum Gasteiger partial charge on any atom is 0.294 e. The van der Waals surface area contributed by atoms with Crippen LogP contribution in [0, 0.1) is 0 Å². The second-order valence-corrected chi connectivity index (χ2v) is 6.04. The van der Waals surface area contributed by atoms with Gasteiger partial charge in [-0.2, -0.15) is 8.42 Å². The summed E-state index contributed by atoms with van der Waals surface area (Å²) in [6, 6.07) is 0. The fourth-order valence-electron chi connectivity index (χ4n) is 1.66. The number of hydrogen-bond donors (Lipinski definition) is 5. The Hall–Kier alpha value is -0.330. The molecule has 0 aliphatic carbocycles. The van der Waals surface area contributed by atoms with Crippen LogP contribution in [0.4, 0.5) is 0 Å². The molecule has 1 heterocycles. The van der Waals surface area contributed by atoms with E-state index < -0.39 is 52.4 Å². The van der Waals surface area contributed by atoms with E-state index in [4.69, 9.17) is 14.0 Å². The number of aliphatic hydroxyl groups excluding tert-OH is 4. The Morgan fingerprint density at radius 3 is 2.05 bits per heavy atom. The topological polar surface area (TPSA) is 154 Å². The largest absolute Gasteiger partial charge is 0.387 e. The molecule has 1 aliphatic rings. The smallest absolute Gasteiger partial charge is 0.294 e. The van der Waals surface area contributed by atoms with Gasteiger partial charge in [0.25, 0.3) is 10.1 Å². The van der Waals surface area contributed by atoms with Crippen LogP contribution in [0.25, 0.3) is 0 Å². The molecule has 6 atom stereocenters. The average Bonchev–Trinajstić information content (AvgIpc) is 2.27. The van der Waals surface area contributed by atoms with E-state index in [1.54, 1.807) is 13.8 Å². The summed E-state index contributed by atoms with van der Waals surface area (Å²) in [4.78, 5) is 0. The molecule has 0 saturated carbocycles. The highest BCUT2D eigenvalue weighted by Gasteiger charge is 2.50. The lowest BCUT2D eigenvalue weighted by atomic mass is 9.99. The summed E-state index contributed by atoms with van der Waals surface area (Å²) in [5.74, 6) is 0. The number of hydrogen-bond acceptors (Lipinski definition) is 8. The Balaban J connectivity index is 2.93. The van der Waals surface area contributed by atoms with Crippen molar-refractivity contribution >= 4 is 10.1 Å². The maximum absolute atomic E-state index is 10.8. The van der Waals surface area contributed by atoms with Gasteiger partial charge in [0.2, 0.25) is 5.44 Å². The first kappa shape index (κ1) is 16.7. The molecule has 1 aliphatic heterocycles. The van der Waals surface area contributed by atoms with E-state index in [1.165, 1.54) is 0 Å². The third-order valence-corrected chi connectivity index (χ3v) is 3.48. The Kier molecular flexibility index (Phi) is 5.26. The van der Waals surface area contributed by atoms with E-state index in [0.29, 0.717) is 0 Å². The van der Waals surface area contributed by atoms with Crippen LogP contribution in [0.3, 0.4) is 0 Å². The van der Waals surface area contributed by atoms with Gasteiger partial charge in [-0.3, -0.25) is 4.55 Å². The first-order valence-corrected chi connectivity index (χ1v) is 7.05. The Morgan fingerprint density at radius 2 is 1.63 bits per heavy atom. The van der Waals surface area contributed by atoms with Crippen LogP contribution in [0.15, 0.2) is 0 Å². The van der Waals surface area contributed by atoms with Gasteiger partial charge in [-0.15, -0.1) is 0 Å². The number of ether oxygens (including phenoxy) is 2. The quantitative estimate of drug-likeness (QED) is 0.352. The molecule has 0 radical (unpaired) electrons. The van der Waals surface area contributed by atoms with E-state index in [-0.39, 0.29) is 0 Å². The summed E-state index contributed by atoms with van der Waals surface area (Å²) in [5, 5.41) is 38.1. The molecule has 0 aromatic carbocycles. The molecule has 9 nitrogen and oxygen atoms in total. The van der Waals surface area contributed by atoms with Crippen molar-refractivity contribution in [2.45, 2.75) is 56.1 Å². The maximum atomic E-state index is 10.8. The second kappa shape index (κ2) is 5.97. The Labute approximate surface area is 110 Å². The Bertz CT molecular complexity index is 394. The van der Waals surface area contributed by atoms with Gasteiger partial charge in [0, 0.05) is 0 Å². The molecular formula is C9H18O9S. The fourth-order valence-corrected chi connectivity index (χ4v) is 2.22. The lowest BCUT2D eigenvalue weighted by Gasteiger charge is -2.41. The minimum Gasteiger partial charge on any atom is -0.387 e. The van der Waals surface area contributed by atoms with E-state index in [9.17, 15) is 28.8 Å². The van der Waals surface area contributed by atoms with Crippen LogP contribution in [0.1, 0.15) is 13.8 Å². The molecule has 0 spiro atoms. The van der Waals surface area contributed by atoms with Crippen LogP contribution in [0.5, 0.6) is 0 Å². The molecule has 1 rings (SSSR count). The van der Waals surface area contributed by atoms with Crippen molar-refractivity contribution in [2.75, 3.05) is 0 Å². The first-order chi connectivity index (χ1) is 8.55. The molecular weight excluding hydrogens is 284 g/mol. The molecule has 0 amide bonds. The molecule has 0 bridgehead atoms. The van der Waals surface area contributed by atoms with Crippen molar-refractivity contribution in [2.24, 2.45) is 0 Å². The molecule has 1 fully saturated rings. The monoisotopic (exact) mass is 302 g/mol. The summed E-state index contributed by atoms with van der Waals surface area (Å²) in [6.45, 7) is 3.20. The minimum atomic E-state index is -4.91. The van der Waals surface area contributed by atoms with E-state index in [1.807, 2.05) is 0 Å². The van der Waals surface area contributed by atoms with Crippen molar-refractivity contribution in [1.29, 1.82) is 0 Å². The van der Waals surface area contributed by atoms with Gasteiger partial charge in [-0.25, -0.2) is 0 Å². The van der Waals surface area contributed by atoms with Crippen molar-refractivity contribution < 1.29 is 42.9 Å². The van der Waals surface area contributed by atoms with Gasteiger partial charge in [0.1, 0.15) is 24.4 Å². The number of rotatable bonds is 4. The van der Waals surface area contributed by atoms with Crippen LogP contribution in [-0.2, 0) is 19.6 Å². The molecule has 0 aromatic heterocycles. The van der Waals surface area contributed by atoms with Gasteiger partial charge in [-0.05, 0) is 13.8 Å². The van der Waals surface area contributed by atoms with Crippen LogP contribution in [0.2, 0.25) is 0 Å². The van der Waals surface area contributed by atoms with Gasteiger partial charge in [0.15, 0.2) is 6.29 Å². The van der Waals surface area contributed by atoms with Crippen LogP contribution in [-0.4, -0.2) is 75.6 Å². The second-order valence-electron chi connectivity index (χ2n) is 4.53. The van der Waals surface area contributed by atoms with Gasteiger partial charge < -0.3 is 29.9 Å². The van der Waals surface area contributed by atoms with Crippen molar-refractivity contribution in [3.63, 3.8) is 0 Å². The predicted molar refractivity (Wildman–Crippen MR) is 60.5 cm³/mol. The zero-order valence-corrected chi connectivity index (χ0v) is 11.1. The zero-order chi connectivity index (χ0) is 15.0. The van der Waals surface area contributed by atoms with Crippen LogP contribution < -0.4 is 0 Å². The third kappa shape index (κ3) is 3.83. The highest BCUT2D eigenvalue weighted by atomic mass is 32.2. The molecule has 0 aromatic rings. The molecule has 2 unspecified atom stereocenters. The molecule has 19 heavy (non-hydrogen) atoms. The lowest BCUT2D eigenvalue weighted by Crippen LogP contribution is -2.62. The summed E-state index contributed by atoms with van der Waals surface area (Å²) < 4.78 is 40.4. The summed E-state index contributed by atoms with van der Waals surface area (Å²) in [6.07, 6.45) is -9.04. The number of aliphatic hydroxyl groups is 4. The van der Waals surface area contributed by atoms with Crippen molar-refractivity contribution in [3.8, 4) is 0 Å². The minimum absolute atomic E-state index is 0.425. The van der Waals surface area contributed by atoms with Crippen LogP contribution >= 0.6 is 0 Å². The van der Waals surface area contributed by atoms with Gasteiger partial charge in [-0.1, -0.05) is 0 Å². The molecule has 5 N–H and O–H groups in total. The van der Waals surface area contributed by atoms with Crippen molar-refractivity contribution in [3.05, 3.63) is 0 Å². The molecule has 1 saturated heterocycles. The predicted octanol–water partition coefficient (Wildman–Crippen LogP) is -2.57. The van der Waals surface area contributed by atoms with Gasteiger partial charge in [0.05, 0.1) is 6.10 Å². The zero-order valence-electron chi connectivity index (χ0n) is 10.3. The van der Waals surface area contributed by atoms with E-state index >= 15 is 0 Å². The summed E-state index contributed by atoms with van der Waals surface area (Å²) in [7, 11) is -4.91. The Morgan fingerprint density at radius 1 is 1.11 bits per heavy atom. The summed E-state index contributed by atoms with van der Waals surface area (Å²) in [5.41, 5.74) is -2.47. The molecule has 114 valence electrons. The lowest BCUT2D eigenvalue weighted by molar-refractivity contribution is -0.311. The average molecular weight is 302 g/mol. The first-order valence-electron chi connectivity index (χ1n) is 5.55.